The minimum atomic E-state index is 0.713. The third-order valence-corrected chi connectivity index (χ3v) is 2.42. The van der Waals surface area contributed by atoms with Gasteiger partial charge in [0.15, 0.2) is 5.65 Å². The molecule has 0 amide bonds. The predicted molar refractivity (Wildman–Crippen MR) is 57.8 cm³/mol. The van der Waals surface area contributed by atoms with Gasteiger partial charge in [-0.05, 0) is 29.5 Å². The standard InChI is InChI=1S/C7H8IN5/c1-4-11-6-5(8)3-10-13(6)7(9-2)12-4/h3H,1-2H3,(H,9,11,12). The smallest absolute Gasteiger partial charge is 0.227 e. The van der Waals surface area contributed by atoms with Gasteiger partial charge in [-0.15, -0.1) is 0 Å². The van der Waals surface area contributed by atoms with Crippen molar-refractivity contribution in [2.45, 2.75) is 6.92 Å². The third kappa shape index (κ3) is 1.34. The van der Waals surface area contributed by atoms with Crippen LogP contribution in [0.4, 0.5) is 5.95 Å². The summed E-state index contributed by atoms with van der Waals surface area (Å²) in [6, 6.07) is 0. The molecular formula is C7H8IN5. The van der Waals surface area contributed by atoms with Crippen LogP contribution in [0.3, 0.4) is 0 Å². The highest BCUT2D eigenvalue weighted by Gasteiger charge is 2.07. The molecule has 2 heterocycles. The molecule has 0 spiro atoms. The maximum Gasteiger partial charge on any atom is 0.227 e. The summed E-state index contributed by atoms with van der Waals surface area (Å²) in [6.07, 6.45) is 1.77. The van der Waals surface area contributed by atoms with Crippen molar-refractivity contribution in [2.75, 3.05) is 12.4 Å². The van der Waals surface area contributed by atoms with Crippen molar-refractivity contribution < 1.29 is 0 Å². The second-order valence-corrected chi connectivity index (χ2v) is 3.73. The van der Waals surface area contributed by atoms with Crippen molar-refractivity contribution in [1.29, 1.82) is 0 Å². The van der Waals surface area contributed by atoms with E-state index in [1.807, 2.05) is 14.0 Å². The van der Waals surface area contributed by atoms with Crippen molar-refractivity contribution in [2.24, 2.45) is 0 Å². The van der Waals surface area contributed by atoms with Crippen molar-refractivity contribution in [3.63, 3.8) is 0 Å². The molecule has 1 N–H and O–H groups in total. The van der Waals surface area contributed by atoms with Gasteiger partial charge in [0.1, 0.15) is 5.82 Å². The van der Waals surface area contributed by atoms with Crippen molar-refractivity contribution in [1.82, 2.24) is 19.6 Å². The maximum atomic E-state index is 4.29. The molecular weight excluding hydrogens is 281 g/mol. The molecule has 0 atom stereocenters. The van der Waals surface area contributed by atoms with Crippen LogP contribution in [0.5, 0.6) is 0 Å². The highest BCUT2D eigenvalue weighted by molar-refractivity contribution is 14.1. The summed E-state index contributed by atoms with van der Waals surface area (Å²) in [5, 5.41) is 7.12. The summed E-state index contributed by atoms with van der Waals surface area (Å²) >= 11 is 2.20. The van der Waals surface area contributed by atoms with Gasteiger partial charge in [-0.1, -0.05) is 0 Å². The lowest BCUT2D eigenvalue weighted by Gasteiger charge is -2.02. The number of aromatic nitrogens is 4. The van der Waals surface area contributed by atoms with Crippen LogP contribution in [0, 0.1) is 10.5 Å². The highest BCUT2D eigenvalue weighted by Crippen LogP contribution is 2.13. The van der Waals surface area contributed by atoms with E-state index in [1.54, 1.807) is 10.7 Å². The summed E-state index contributed by atoms with van der Waals surface area (Å²) < 4.78 is 2.72. The molecule has 0 saturated carbocycles. The van der Waals surface area contributed by atoms with E-state index >= 15 is 0 Å². The lowest BCUT2D eigenvalue weighted by molar-refractivity contribution is 0.877. The van der Waals surface area contributed by atoms with Gasteiger partial charge >= 0.3 is 0 Å². The number of aryl methyl sites for hydroxylation is 1. The van der Waals surface area contributed by atoms with Crippen LogP contribution in [0.15, 0.2) is 6.20 Å². The Kier molecular flexibility index (Phi) is 2.06. The lowest BCUT2D eigenvalue weighted by atomic mass is 10.6. The number of anilines is 1. The van der Waals surface area contributed by atoms with Gasteiger partial charge in [-0.3, -0.25) is 0 Å². The van der Waals surface area contributed by atoms with Gasteiger partial charge in [0.25, 0.3) is 0 Å². The van der Waals surface area contributed by atoms with Crippen LogP contribution < -0.4 is 5.32 Å². The minimum absolute atomic E-state index is 0.713. The molecule has 13 heavy (non-hydrogen) atoms. The number of fused-ring (bicyclic) bond motifs is 1. The van der Waals surface area contributed by atoms with Crippen molar-refractivity contribution in [3.8, 4) is 0 Å². The van der Waals surface area contributed by atoms with Crippen molar-refractivity contribution in [3.05, 3.63) is 15.6 Å². The summed E-state index contributed by atoms with van der Waals surface area (Å²) in [4.78, 5) is 8.49. The zero-order chi connectivity index (χ0) is 9.42. The van der Waals surface area contributed by atoms with Gasteiger partial charge in [0.05, 0.1) is 9.77 Å². The summed E-state index contributed by atoms with van der Waals surface area (Å²) in [6.45, 7) is 1.86. The maximum absolute atomic E-state index is 4.29. The van der Waals surface area contributed by atoms with Gasteiger partial charge < -0.3 is 5.32 Å². The van der Waals surface area contributed by atoms with Gasteiger partial charge in [-0.2, -0.15) is 14.6 Å². The average molecular weight is 289 g/mol. The van der Waals surface area contributed by atoms with Crippen LogP contribution in [-0.2, 0) is 0 Å². The molecule has 0 aromatic carbocycles. The molecule has 0 aliphatic heterocycles. The topological polar surface area (TPSA) is 55.1 Å². The van der Waals surface area contributed by atoms with E-state index in [4.69, 9.17) is 0 Å². The zero-order valence-corrected chi connectivity index (χ0v) is 9.40. The Morgan fingerprint density at radius 2 is 2.23 bits per heavy atom. The van der Waals surface area contributed by atoms with Gasteiger partial charge in [0.2, 0.25) is 5.95 Å². The first kappa shape index (κ1) is 8.67. The van der Waals surface area contributed by atoms with Crippen LogP contribution in [0.25, 0.3) is 5.65 Å². The molecule has 2 aromatic heterocycles. The molecule has 0 fully saturated rings. The molecule has 0 unspecified atom stereocenters. The first-order valence-electron chi connectivity index (χ1n) is 3.78. The normalized spacial score (nSPS) is 10.7. The zero-order valence-electron chi connectivity index (χ0n) is 7.24. The van der Waals surface area contributed by atoms with E-state index in [0.717, 1.165) is 15.0 Å². The quantitative estimate of drug-likeness (QED) is 0.798. The van der Waals surface area contributed by atoms with Crippen LogP contribution in [0.1, 0.15) is 5.82 Å². The lowest BCUT2D eigenvalue weighted by Crippen LogP contribution is -2.05. The van der Waals surface area contributed by atoms with E-state index in [2.05, 4.69) is 43.0 Å². The average Bonchev–Trinajstić information content (AvgIpc) is 2.47. The Morgan fingerprint density at radius 3 is 2.92 bits per heavy atom. The Labute approximate surface area is 88.7 Å². The van der Waals surface area contributed by atoms with Gasteiger partial charge in [0, 0.05) is 7.05 Å². The van der Waals surface area contributed by atoms with Gasteiger partial charge in [-0.25, -0.2) is 4.98 Å². The first-order valence-corrected chi connectivity index (χ1v) is 4.86. The molecule has 0 saturated heterocycles. The number of halogens is 1. The second kappa shape index (κ2) is 3.09. The summed E-state index contributed by atoms with van der Waals surface area (Å²) in [5.41, 5.74) is 0.845. The van der Waals surface area contributed by atoms with Crippen LogP contribution in [0.2, 0.25) is 0 Å². The minimum Gasteiger partial charge on any atom is -0.357 e. The Morgan fingerprint density at radius 1 is 1.46 bits per heavy atom. The third-order valence-electron chi connectivity index (χ3n) is 1.66. The Balaban J connectivity index is 2.84. The number of nitrogens with zero attached hydrogens (tertiary/aromatic N) is 4. The van der Waals surface area contributed by atoms with E-state index in [9.17, 15) is 0 Å². The molecule has 0 bridgehead atoms. The molecule has 6 heteroatoms. The predicted octanol–water partition coefficient (Wildman–Crippen LogP) is 1.08. The number of hydrogen-bond acceptors (Lipinski definition) is 4. The SMILES string of the molecule is CNc1nc(C)nc2c(I)cnn12. The molecule has 68 valence electrons. The molecule has 2 rings (SSSR count). The largest absolute Gasteiger partial charge is 0.357 e. The number of nitrogens with one attached hydrogen (secondary N) is 1. The first-order chi connectivity index (χ1) is 6.22. The number of rotatable bonds is 1. The van der Waals surface area contributed by atoms with E-state index in [1.165, 1.54) is 0 Å². The van der Waals surface area contributed by atoms with Crippen molar-refractivity contribution >= 4 is 34.2 Å². The van der Waals surface area contributed by atoms with E-state index in [-0.39, 0.29) is 0 Å². The monoisotopic (exact) mass is 289 g/mol. The molecule has 0 aliphatic rings. The Bertz CT molecular complexity index is 449. The number of hydrogen-bond donors (Lipinski definition) is 1. The fourth-order valence-electron chi connectivity index (χ4n) is 1.12. The van der Waals surface area contributed by atoms with E-state index < -0.39 is 0 Å². The highest BCUT2D eigenvalue weighted by atomic mass is 127. The molecule has 0 radical (unpaired) electrons. The Hall–Kier alpha value is -0.920. The second-order valence-electron chi connectivity index (χ2n) is 2.57. The molecule has 5 nitrogen and oxygen atoms in total. The molecule has 0 aliphatic carbocycles. The summed E-state index contributed by atoms with van der Waals surface area (Å²) in [5.74, 6) is 1.46. The van der Waals surface area contributed by atoms with Crippen LogP contribution in [-0.4, -0.2) is 26.6 Å². The van der Waals surface area contributed by atoms with Crippen LogP contribution >= 0.6 is 22.6 Å². The molecule has 2 aromatic rings. The fraction of sp³-hybridized carbons (Fsp3) is 0.286. The van der Waals surface area contributed by atoms with E-state index in [0.29, 0.717) is 5.95 Å². The summed E-state index contributed by atoms with van der Waals surface area (Å²) in [7, 11) is 1.82. The fourth-order valence-corrected chi connectivity index (χ4v) is 1.59.